The number of anilines is 2. The summed E-state index contributed by atoms with van der Waals surface area (Å²) in [7, 11) is 1.60. The van der Waals surface area contributed by atoms with E-state index in [9.17, 15) is 9.59 Å². The van der Waals surface area contributed by atoms with Crippen molar-refractivity contribution in [1.29, 1.82) is 0 Å². The van der Waals surface area contributed by atoms with E-state index in [-0.39, 0.29) is 18.2 Å². The fourth-order valence-corrected chi connectivity index (χ4v) is 5.97. The van der Waals surface area contributed by atoms with Crippen molar-refractivity contribution in [2.24, 2.45) is 0 Å². The molecular weight excluding hydrogens is 546 g/mol. The molecule has 3 aromatic rings. The number of benzene rings is 3. The molecule has 1 atom stereocenters. The summed E-state index contributed by atoms with van der Waals surface area (Å²) >= 11 is 5.85. The minimum Gasteiger partial charge on any atom is -0.497 e. The van der Waals surface area contributed by atoms with E-state index >= 15 is 0 Å². The van der Waals surface area contributed by atoms with E-state index in [0.717, 1.165) is 56.9 Å². The van der Waals surface area contributed by atoms with Crippen molar-refractivity contribution >= 4 is 40.5 Å². The zero-order valence-electron chi connectivity index (χ0n) is 24.4. The summed E-state index contributed by atoms with van der Waals surface area (Å²) in [5.74, 6) is 0.316. The van der Waals surface area contributed by atoms with Crippen LogP contribution in [0.4, 0.5) is 11.4 Å². The van der Waals surface area contributed by atoms with E-state index in [1.807, 2.05) is 36.1 Å². The van der Waals surface area contributed by atoms with Crippen LogP contribution in [0.1, 0.15) is 24.0 Å². The number of ether oxygens (including phenoxy) is 1. The number of amides is 2. The smallest absolute Gasteiger partial charge is 0.256 e. The predicted octanol–water partition coefficient (Wildman–Crippen LogP) is 4.54. The Balaban J connectivity index is 1.20. The SMILES string of the molecule is COc1ccc(NC(=O)C[C@@H]2C(=O)N(c3ccc(C)cc3)C(=S)N2CCCN2CCN(Cc3ccccc3)CC2)cc1. The lowest BCUT2D eigenvalue weighted by Crippen LogP contribution is -2.47. The van der Waals surface area contributed by atoms with E-state index < -0.39 is 6.04 Å². The van der Waals surface area contributed by atoms with Crippen molar-refractivity contribution in [2.45, 2.75) is 32.4 Å². The number of piperazine rings is 1. The molecule has 3 aromatic carbocycles. The lowest BCUT2D eigenvalue weighted by atomic mass is 10.1. The molecule has 5 rings (SSSR count). The van der Waals surface area contributed by atoms with Crippen molar-refractivity contribution in [3.05, 3.63) is 90.0 Å². The molecule has 2 fully saturated rings. The van der Waals surface area contributed by atoms with Gasteiger partial charge in [0.2, 0.25) is 5.91 Å². The highest BCUT2D eigenvalue weighted by molar-refractivity contribution is 7.80. The number of carbonyl (C=O) groups is 2. The van der Waals surface area contributed by atoms with Crippen molar-refractivity contribution < 1.29 is 14.3 Å². The minimum absolute atomic E-state index is 0.0194. The van der Waals surface area contributed by atoms with Crippen LogP contribution in [-0.4, -0.2) is 84.0 Å². The Morgan fingerprint density at radius 1 is 0.905 bits per heavy atom. The highest BCUT2D eigenvalue weighted by atomic mass is 32.1. The first-order valence-electron chi connectivity index (χ1n) is 14.5. The van der Waals surface area contributed by atoms with Gasteiger partial charge < -0.3 is 19.9 Å². The lowest BCUT2D eigenvalue weighted by Gasteiger charge is -2.35. The zero-order chi connectivity index (χ0) is 29.5. The van der Waals surface area contributed by atoms with Gasteiger partial charge in [-0.1, -0.05) is 48.0 Å². The van der Waals surface area contributed by atoms with Gasteiger partial charge in [0.25, 0.3) is 5.91 Å². The highest BCUT2D eigenvalue weighted by Gasteiger charge is 2.43. The Bertz CT molecular complexity index is 1360. The number of nitrogens with one attached hydrogen (secondary N) is 1. The van der Waals surface area contributed by atoms with Crippen LogP contribution < -0.4 is 15.0 Å². The Kier molecular flexibility index (Phi) is 9.84. The monoisotopic (exact) mass is 585 g/mol. The van der Waals surface area contributed by atoms with Gasteiger partial charge >= 0.3 is 0 Å². The molecule has 0 aliphatic carbocycles. The molecule has 0 saturated carbocycles. The van der Waals surface area contributed by atoms with Crippen molar-refractivity contribution in [3.63, 3.8) is 0 Å². The summed E-state index contributed by atoms with van der Waals surface area (Å²) in [6.07, 6.45) is 0.871. The van der Waals surface area contributed by atoms with Crippen LogP contribution in [0.5, 0.6) is 5.75 Å². The van der Waals surface area contributed by atoms with Gasteiger partial charge in [-0.2, -0.15) is 0 Å². The van der Waals surface area contributed by atoms with Gasteiger partial charge in [0.05, 0.1) is 19.2 Å². The molecular formula is C33H39N5O3S. The van der Waals surface area contributed by atoms with E-state index in [1.165, 1.54) is 5.56 Å². The average molecular weight is 586 g/mol. The number of nitrogens with zero attached hydrogens (tertiary/aromatic N) is 4. The Morgan fingerprint density at radius 3 is 2.24 bits per heavy atom. The summed E-state index contributed by atoms with van der Waals surface area (Å²) in [6, 6.07) is 24.9. The van der Waals surface area contributed by atoms with Crippen LogP contribution in [0.25, 0.3) is 0 Å². The van der Waals surface area contributed by atoms with Gasteiger partial charge in [-0.25, -0.2) is 0 Å². The van der Waals surface area contributed by atoms with E-state index in [4.69, 9.17) is 17.0 Å². The molecule has 0 radical (unpaired) electrons. The van der Waals surface area contributed by atoms with Gasteiger partial charge in [-0.3, -0.25) is 19.4 Å². The second-order valence-corrected chi connectivity index (χ2v) is 11.3. The number of aryl methyl sites for hydroxylation is 1. The molecule has 1 N–H and O–H groups in total. The van der Waals surface area contributed by atoms with Crippen LogP contribution in [0, 0.1) is 6.92 Å². The number of thiocarbonyl (C=S) groups is 1. The van der Waals surface area contributed by atoms with Crippen LogP contribution in [0.3, 0.4) is 0 Å². The average Bonchev–Trinajstić information content (AvgIpc) is 3.23. The van der Waals surface area contributed by atoms with Crippen LogP contribution in [-0.2, 0) is 16.1 Å². The molecule has 0 aromatic heterocycles. The fourth-order valence-electron chi connectivity index (χ4n) is 5.56. The van der Waals surface area contributed by atoms with Gasteiger partial charge in [0.15, 0.2) is 5.11 Å². The molecule has 220 valence electrons. The molecule has 0 unspecified atom stereocenters. The van der Waals surface area contributed by atoms with Crippen LogP contribution in [0.2, 0.25) is 0 Å². The molecule has 2 aliphatic heterocycles. The first-order chi connectivity index (χ1) is 20.4. The lowest BCUT2D eigenvalue weighted by molar-refractivity contribution is -0.124. The maximum atomic E-state index is 13.7. The summed E-state index contributed by atoms with van der Waals surface area (Å²) < 4.78 is 5.20. The maximum absolute atomic E-state index is 13.7. The molecule has 8 nitrogen and oxygen atoms in total. The van der Waals surface area contributed by atoms with Gasteiger partial charge in [-0.15, -0.1) is 0 Å². The van der Waals surface area contributed by atoms with Crippen molar-refractivity contribution in [2.75, 3.05) is 56.6 Å². The second kappa shape index (κ2) is 13.9. The standard InChI is InChI=1S/C33H39N5O3S/c1-25-9-13-28(14-10-25)38-32(40)30(23-31(39)34-27-11-15-29(41-2)16-12-27)37(33(38)42)18-6-17-35-19-21-36(22-20-35)24-26-7-4-3-5-8-26/h3-5,7-16,30H,6,17-24H2,1-2H3,(H,34,39)/t30-/m1/s1. The summed E-state index contributed by atoms with van der Waals surface area (Å²) in [5.41, 5.74) is 3.83. The summed E-state index contributed by atoms with van der Waals surface area (Å²) in [4.78, 5) is 35.3. The normalized spacial score (nSPS) is 18.0. The van der Waals surface area contributed by atoms with Crippen LogP contribution >= 0.6 is 12.2 Å². The Labute approximate surface area is 253 Å². The van der Waals surface area contributed by atoms with E-state index in [0.29, 0.717) is 23.1 Å². The quantitative estimate of drug-likeness (QED) is 0.332. The second-order valence-electron chi connectivity index (χ2n) is 10.9. The van der Waals surface area contributed by atoms with E-state index in [2.05, 4.69) is 45.4 Å². The summed E-state index contributed by atoms with van der Waals surface area (Å²) in [5, 5.41) is 3.38. The molecule has 42 heavy (non-hydrogen) atoms. The van der Waals surface area contributed by atoms with Crippen molar-refractivity contribution in [1.82, 2.24) is 14.7 Å². The fraction of sp³-hybridized carbons (Fsp3) is 0.364. The molecule has 0 bridgehead atoms. The third-order valence-corrected chi connectivity index (χ3v) is 8.37. The molecule has 2 aliphatic rings. The van der Waals surface area contributed by atoms with Gasteiger partial charge in [-0.05, 0) is 74.1 Å². The Hall–Kier alpha value is -3.79. The molecule has 2 saturated heterocycles. The third-order valence-electron chi connectivity index (χ3n) is 7.95. The maximum Gasteiger partial charge on any atom is 0.256 e. The van der Waals surface area contributed by atoms with Gasteiger partial charge in [0.1, 0.15) is 11.8 Å². The third kappa shape index (κ3) is 7.34. The number of rotatable bonds is 11. The van der Waals surface area contributed by atoms with E-state index in [1.54, 1.807) is 36.3 Å². The first kappa shape index (κ1) is 29.7. The molecule has 2 heterocycles. The number of hydrogen-bond donors (Lipinski definition) is 1. The zero-order valence-corrected chi connectivity index (χ0v) is 25.2. The Morgan fingerprint density at radius 2 is 1.57 bits per heavy atom. The first-order valence-corrected chi connectivity index (χ1v) is 15.0. The summed E-state index contributed by atoms with van der Waals surface area (Å²) in [6.45, 7) is 8.61. The topological polar surface area (TPSA) is 68.4 Å². The van der Waals surface area contributed by atoms with Crippen molar-refractivity contribution in [3.8, 4) is 5.75 Å². The minimum atomic E-state index is -0.653. The van der Waals surface area contributed by atoms with Crippen LogP contribution in [0.15, 0.2) is 78.9 Å². The number of methoxy groups -OCH3 is 1. The molecule has 9 heteroatoms. The largest absolute Gasteiger partial charge is 0.497 e. The number of hydrogen-bond acceptors (Lipinski definition) is 6. The number of carbonyl (C=O) groups excluding carboxylic acids is 2. The molecule has 2 amide bonds. The highest BCUT2D eigenvalue weighted by Crippen LogP contribution is 2.28. The predicted molar refractivity (Wildman–Crippen MR) is 171 cm³/mol. The molecule has 0 spiro atoms. The van der Waals surface area contributed by atoms with Gasteiger partial charge in [0, 0.05) is 45.0 Å².